The normalized spacial score (nSPS) is 97.4. The van der Waals surface area contributed by atoms with Crippen LogP contribution >= 0.6 is 0 Å². The van der Waals surface area contributed by atoms with Crippen molar-refractivity contribution in [3.63, 3.8) is 0 Å². The molecule has 9 saturated carbocycles. The Balaban J connectivity index is 1.45. The fourth-order valence-corrected chi connectivity index (χ4v) is 16.9. The van der Waals surface area contributed by atoms with Gasteiger partial charge < -0.3 is 0 Å². The minimum atomic E-state index is 0.565. The maximum absolute atomic E-state index is 2.80. The van der Waals surface area contributed by atoms with Gasteiger partial charge in [-0.05, 0) is 91.2 Å². The summed E-state index contributed by atoms with van der Waals surface area (Å²) in [5.74, 6) is 7.94. The number of hydrogen-bond donors (Lipinski definition) is 0. The number of hydrogen-bond acceptors (Lipinski definition) is 0. The lowest BCUT2D eigenvalue weighted by atomic mass is 8.69. The SMILES string of the molecule is CC1C2C3CC4C5[C@@H](C)C6(C)C7(C)C(C)(C)[C@@]8(C)[C@H]1C21C34[C@@]56C178. The van der Waals surface area contributed by atoms with Crippen LogP contribution in [-0.4, -0.2) is 0 Å². The summed E-state index contributed by atoms with van der Waals surface area (Å²) in [6.07, 6.45) is 1.66. The van der Waals surface area contributed by atoms with Crippen molar-refractivity contribution in [2.45, 2.75) is 54.9 Å². The molecule has 0 aromatic rings. The molecule has 122 valence electrons. The van der Waals surface area contributed by atoms with Gasteiger partial charge >= 0.3 is 0 Å². The molecule has 0 aliphatic heterocycles. The Hall–Kier alpha value is 0. The van der Waals surface area contributed by atoms with Crippen LogP contribution < -0.4 is 0 Å². The molecule has 9 fully saturated rings. The molecule has 0 N–H and O–H groups in total. The van der Waals surface area contributed by atoms with E-state index in [1.807, 2.05) is 0 Å². The Kier molecular flexibility index (Phi) is 0.997. The molecule has 23 heavy (non-hydrogen) atoms. The molecule has 10 unspecified atom stereocenters. The van der Waals surface area contributed by atoms with E-state index >= 15 is 0 Å². The Bertz CT molecular complexity index is 848. The number of rotatable bonds is 0. The van der Waals surface area contributed by atoms with Crippen molar-refractivity contribution in [2.75, 3.05) is 0 Å². The van der Waals surface area contributed by atoms with Gasteiger partial charge in [0.2, 0.25) is 0 Å². The maximum Gasteiger partial charge on any atom is -0.00321 e. The van der Waals surface area contributed by atoms with E-state index in [1.54, 1.807) is 6.42 Å². The van der Waals surface area contributed by atoms with Crippen molar-refractivity contribution >= 4 is 0 Å². The summed E-state index contributed by atoms with van der Waals surface area (Å²) in [6.45, 7) is 19.1. The molecule has 4 spiro atoms. The molecular formula is C23H30. The van der Waals surface area contributed by atoms with E-state index < -0.39 is 0 Å². The zero-order valence-electron chi connectivity index (χ0n) is 15.7. The summed E-state index contributed by atoms with van der Waals surface area (Å²) < 4.78 is 0. The van der Waals surface area contributed by atoms with E-state index in [0.717, 1.165) is 45.3 Å². The third-order valence-electron chi connectivity index (χ3n) is 15.7. The second kappa shape index (κ2) is 1.98. The first-order valence-corrected chi connectivity index (χ1v) is 10.7. The molecule has 0 heterocycles. The summed E-state index contributed by atoms with van der Waals surface area (Å²) >= 11 is 0. The lowest BCUT2D eigenvalue weighted by Gasteiger charge is -3.33. The third-order valence-corrected chi connectivity index (χ3v) is 15.7. The highest BCUT2D eigenvalue weighted by atomic mass is 15.3. The van der Waals surface area contributed by atoms with Crippen LogP contribution in [0.4, 0.5) is 0 Å². The van der Waals surface area contributed by atoms with Gasteiger partial charge in [0.05, 0.1) is 0 Å². The molecule has 0 aromatic heterocycles. The summed E-state index contributed by atoms with van der Waals surface area (Å²) in [5.41, 5.74) is 6.14. The summed E-state index contributed by atoms with van der Waals surface area (Å²) in [4.78, 5) is 0. The van der Waals surface area contributed by atoms with Gasteiger partial charge in [-0.1, -0.05) is 48.5 Å². The molecule has 9 aliphatic rings. The Labute approximate surface area is 140 Å². The quantitative estimate of drug-likeness (QED) is 0.600. The minimum absolute atomic E-state index is 0.565. The predicted octanol–water partition coefficient (Wildman–Crippen LogP) is 4.84. The second-order valence-electron chi connectivity index (χ2n) is 13.1. The van der Waals surface area contributed by atoms with Gasteiger partial charge in [-0.3, -0.25) is 0 Å². The van der Waals surface area contributed by atoms with Gasteiger partial charge in [0, 0.05) is 0 Å². The zero-order chi connectivity index (χ0) is 15.7. The van der Waals surface area contributed by atoms with Crippen LogP contribution in [0.1, 0.15) is 54.9 Å². The van der Waals surface area contributed by atoms with Gasteiger partial charge in [-0.2, -0.15) is 0 Å². The largest absolute Gasteiger partial charge is 0.0619 e. The van der Waals surface area contributed by atoms with Crippen LogP contribution in [0.3, 0.4) is 0 Å². The van der Waals surface area contributed by atoms with E-state index in [2.05, 4.69) is 48.5 Å². The smallest absolute Gasteiger partial charge is 0.00321 e. The van der Waals surface area contributed by atoms with Crippen molar-refractivity contribution < 1.29 is 0 Å². The van der Waals surface area contributed by atoms with E-state index in [1.165, 1.54) is 17.8 Å². The van der Waals surface area contributed by atoms with Crippen LogP contribution in [0.2, 0.25) is 0 Å². The first kappa shape index (κ1) is 11.6. The topological polar surface area (TPSA) is 0 Å². The van der Waals surface area contributed by atoms with Crippen molar-refractivity contribution in [1.82, 2.24) is 0 Å². The van der Waals surface area contributed by atoms with Crippen LogP contribution in [0, 0.1) is 84.7 Å². The van der Waals surface area contributed by atoms with E-state index in [4.69, 9.17) is 0 Å². The fourth-order valence-electron chi connectivity index (χ4n) is 16.9. The maximum atomic E-state index is 2.80. The molecule has 0 radical (unpaired) electrons. The molecule has 0 saturated heterocycles. The Morgan fingerprint density at radius 1 is 0.783 bits per heavy atom. The van der Waals surface area contributed by atoms with Gasteiger partial charge in [0.1, 0.15) is 0 Å². The Morgan fingerprint density at radius 3 is 2.13 bits per heavy atom. The van der Waals surface area contributed by atoms with Crippen LogP contribution in [0.25, 0.3) is 0 Å². The lowest BCUT2D eigenvalue weighted by molar-refractivity contribution is -0.881. The summed E-state index contributed by atoms with van der Waals surface area (Å²) in [5, 5.41) is 0. The average Bonchev–Trinajstić information content (AvgIpc) is 2.44. The summed E-state index contributed by atoms with van der Waals surface area (Å²) in [6, 6.07) is 0. The van der Waals surface area contributed by atoms with E-state index in [0.29, 0.717) is 21.7 Å². The van der Waals surface area contributed by atoms with E-state index in [9.17, 15) is 0 Å². The number of fused-ring (bicyclic) bond motifs is 4. The molecular weight excluding hydrogens is 276 g/mol. The first-order chi connectivity index (χ1) is 10.7. The molecule has 0 nitrogen and oxygen atoms in total. The first-order valence-electron chi connectivity index (χ1n) is 10.7. The molecule has 0 aromatic carbocycles. The zero-order valence-corrected chi connectivity index (χ0v) is 15.7. The van der Waals surface area contributed by atoms with Crippen LogP contribution in [-0.2, 0) is 0 Å². The third kappa shape index (κ3) is 0.362. The van der Waals surface area contributed by atoms with Crippen molar-refractivity contribution in [3.8, 4) is 0 Å². The lowest BCUT2D eigenvalue weighted by Crippen LogP contribution is -3.31. The average molecular weight is 306 g/mol. The van der Waals surface area contributed by atoms with Gasteiger partial charge in [0.15, 0.2) is 0 Å². The van der Waals surface area contributed by atoms with Crippen molar-refractivity contribution in [1.29, 1.82) is 0 Å². The standard InChI is InChI=1S/C23H30/c1-9-13-11-8-12-14-10(2)17(5)19(7)16(3,4)18(6)15(9)21(13)20(11,12)22(14,17)23(18,19)21/h9-15H,8H2,1-7H3/t9?,10-,11?,12?,13?,14?,15+,17?,18-,19?,20?,21?,22-,23?/m1/s1. The molecule has 0 bridgehead atoms. The predicted molar refractivity (Wildman–Crippen MR) is 88.2 cm³/mol. The molecule has 0 heteroatoms. The van der Waals surface area contributed by atoms with Gasteiger partial charge in [-0.25, -0.2) is 0 Å². The molecule has 0 amide bonds. The molecule has 14 atom stereocenters. The van der Waals surface area contributed by atoms with Crippen molar-refractivity contribution in [2.24, 2.45) is 84.7 Å². The highest BCUT2D eigenvalue weighted by molar-refractivity contribution is 5.77. The molecule has 9 rings (SSSR count). The monoisotopic (exact) mass is 306 g/mol. The Morgan fingerprint density at radius 2 is 1.43 bits per heavy atom. The molecule has 9 aliphatic carbocycles. The fraction of sp³-hybridized carbons (Fsp3) is 1.00. The van der Waals surface area contributed by atoms with Crippen molar-refractivity contribution in [3.05, 3.63) is 0 Å². The highest BCUT2D eigenvalue weighted by Gasteiger charge is 3.32. The highest BCUT2D eigenvalue weighted by Crippen LogP contribution is 3.34. The minimum Gasteiger partial charge on any atom is -0.0619 e. The van der Waals surface area contributed by atoms with Crippen LogP contribution in [0.15, 0.2) is 0 Å². The van der Waals surface area contributed by atoms with Crippen LogP contribution in [0.5, 0.6) is 0 Å². The second-order valence-corrected chi connectivity index (χ2v) is 13.1. The summed E-state index contributed by atoms with van der Waals surface area (Å²) in [7, 11) is 0. The van der Waals surface area contributed by atoms with Gasteiger partial charge in [-0.15, -0.1) is 0 Å². The van der Waals surface area contributed by atoms with E-state index in [-0.39, 0.29) is 0 Å². The van der Waals surface area contributed by atoms with Gasteiger partial charge in [0.25, 0.3) is 0 Å².